The van der Waals surface area contributed by atoms with Crippen LogP contribution in [0.5, 0.6) is 0 Å². The molecule has 0 saturated carbocycles. The lowest BCUT2D eigenvalue weighted by Crippen LogP contribution is -2.42. The lowest BCUT2D eigenvalue weighted by atomic mass is 10.1. The maximum absolute atomic E-state index is 12.5. The number of aryl methyl sites for hydroxylation is 1. The molecule has 1 amide bonds. The van der Waals surface area contributed by atoms with E-state index >= 15 is 0 Å². The Morgan fingerprint density at radius 2 is 2.05 bits per heavy atom. The van der Waals surface area contributed by atoms with Crippen LogP contribution in [0.1, 0.15) is 36.2 Å². The zero-order valence-electron chi connectivity index (χ0n) is 11.3. The summed E-state index contributed by atoms with van der Waals surface area (Å²) >= 11 is 3.34. The number of amides is 1. The number of rotatable bonds is 5. The van der Waals surface area contributed by atoms with Crippen molar-refractivity contribution in [3.63, 3.8) is 0 Å². The Bertz CT molecular complexity index is 488. The summed E-state index contributed by atoms with van der Waals surface area (Å²) in [5.41, 5.74) is 1.47. The molecule has 1 atom stereocenters. The summed E-state index contributed by atoms with van der Waals surface area (Å²) in [6, 6.07) is 5.35. The molecule has 0 aliphatic heterocycles. The highest BCUT2D eigenvalue weighted by Crippen LogP contribution is 2.21. The average Bonchev–Trinajstić information content (AvgIpc) is 2.37. The number of nitrogens with zero attached hydrogens (tertiary/aromatic N) is 1. The maximum Gasteiger partial charge on any atom is 0.323 e. The molecule has 0 spiro atoms. The third kappa shape index (κ3) is 4.06. The number of aliphatic carboxylic acids is 1. The summed E-state index contributed by atoms with van der Waals surface area (Å²) in [5.74, 6) is -1.26. The van der Waals surface area contributed by atoms with Gasteiger partial charge in [-0.1, -0.05) is 18.6 Å². The predicted molar refractivity (Wildman–Crippen MR) is 77.3 cm³/mol. The Kier molecular flexibility index (Phi) is 5.54. The van der Waals surface area contributed by atoms with Gasteiger partial charge in [-0.25, -0.2) is 0 Å². The molecule has 0 aliphatic carbocycles. The second kappa shape index (κ2) is 6.70. The fraction of sp³-hybridized carbons (Fsp3) is 0.429. The minimum Gasteiger partial charge on any atom is -0.480 e. The molecule has 0 aromatic heterocycles. The lowest BCUT2D eigenvalue weighted by Gasteiger charge is -2.27. The van der Waals surface area contributed by atoms with Crippen molar-refractivity contribution in [3.05, 3.63) is 33.8 Å². The number of carbonyl (C=O) groups is 2. The van der Waals surface area contributed by atoms with Gasteiger partial charge in [-0.15, -0.1) is 0 Å². The van der Waals surface area contributed by atoms with Gasteiger partial charge in [-0.2, -0.15) is 0 Å². The Labute approximate surface area is 121 Å². The molecule has 0 fully saturated rings. The topological polar surface area (TPSA) is 57.6 Å². The number of carboxylic acids is 1. The molecule has 0 bridgehead atoms. The summed E-state index contributed by atoms with van der Waals surface area (Å²) in [4.78, 5) is 24.8. The SMILES string of the molecule is CCC(C)N(CC(=O)O)C(=O)c1cc(C)ccc1Br. The number of carboxylic acid groups (broad SMARTS) is 1. The Morgan fingerprint density at radius 1 is 1.42 bits per heavy atom. The quantitative estimate of drug-likeness (QED) is 0.904. The molecule has 4 nitrogen and oxygen atoms in total. The highest BCUT2D eigenvalue weighted by molar-refractivity contribution is 9.10. The fourth-order valence-corrected chi connectivity index (χ4v) is 2.17. The van der Waals surface area contributed by atoms with Crippen LogP contribution in [-0.2, 0) is 4.79 Å². The summed E-state index contributed by atoms with van der Waals surface area (Å²) in [7, 11) is 0. The second-order valence-corrected chi connectivity index (χ2v) is 5.42. The van der Waals surface area contributed by atoms with Crippen molar-refractivity contribution in [3.8, 4) is 0 Å². The number of hydrogen-bond acceptors (Lipinski definition) is 2. The molecule has 1 aromatic carbocycles. The van der Waals surface area contributed by atoms with E-state index < -0.39 is 5.97 Å². The summed E-state index contributed by atoms with van der Waals surface area (Å²) in [6.07, 6.45) is 0.711. The van der Waals surface area contributed by atoms with E-state index in [4.69, 9.17) is 5.11 Å². The molecule has 0 aliphatic rings. The first-order chi connectivity index (χ1) is 8.86. The third-order valence-corrected chi connectivity index (χ3v) is 3.73. The summed E-state index contributed by atoms with van der Waals surface area (Å²) in [5, 5.41) is 8.94. The van der Waals surface area contributed by atoms with E-state index in [2.05, 4.69) is 15.9 Å². The van der Waals surface area contributed by atoms with E-state index in [0.29, 0.717) is 16.5 Å². The van der Waals surface area contributed by atoms with Crippen LogP contribution in [0.2, 0.25) is 0 Å². The standard InChI is InChI=1S/C14H18BrNO3/c1-4-10(3)16(8-13(17)18)14(19)11-7-9(2)5-6-12(11)15/h5-7,10H,4,8H2,1-3H3,(H,17,18). The van der Waals surface area contributed by atoms with Gasteiger partial charge in [0.25, 0.3) is 5.91 Å². The monoisotopic (exact) mass is 327 g/mol. The molecular weight excluding hydrogens is 310 g/mol. The van der Waals surface area contributed by atoms with E-state index in [1.165, 1.54) is 4.90 Å². The first-order valence-electron chi connectivity index (χ1n) is 6.15. The van der Waals surface area contributed by atoms with Crippen molar-refractivity contribution in [2.75, 3.05) is 6.54 Å². The van der Waals surface area contributed by atoms with Crippen LogP contribution in [0.3, 0.4) is 0 Å². The average molecular weight is 328 g/mol. The highest BCUT2D eigenvalue weighted by Gasteiger charge is 2.24. The number of carbonyl (C=O) groups excluding carboxylic acids is 1. The number of hydrogen-bond donors (Lipinski definition) is 1. The molecule has 1 aromatic rings. The first-order valence-corrected chi connectivity index (χ1v) is 6.95. The van der Waals surface area contributed by atoms with Gasteiger partial charge in [0.1, 0.15) is 6.54 Å². The molecule has 5 heteroatoms. The molecule has 0 radical (unpaired) electrons. The normalized spacial score (nSPS) is 12.0. The lowest BCUT2D eigenvalue weighted by molar-refractivity contribution is -0.138. The van der Waals surface area contributed by atoms with Crippen LogP contribution in [0.25, 0.3) is 0 Å². The smallest absolute Gasteiger partial charge is 0.323 e. The van der Waals surface area contributed by atoms with Crippen LogP contribution in [0.15, 0.2) is 22.7 Å². The maximum atomic E-state index is 12.5. The van der Waals surface area contributed by atoms with E-state index in [1.807, 2.05) is 26.8 Å². The fourth-order valence-electron chi connectivity index (χ4n) is 1.75. The van der Waals surface area contributed by atoms with E-state index in [0.717, 1.165) is 5.56 Å². The largest absolute Gasteiger partial charge is 0.480 e. The number of halogens is 1. The molecule has 1 N–H and O–H groups in total. The number of benzene rings is 1. The van der Waals surface area contributed by atoms with Crippen LogP contribution >= 0.6 is 15.9 Å². The Balaban J connectivity index is 3.11. The zero-order valence-corrected chi connectivity index (χ0v) is 12.9. The van der Waals surface area contributed by atoms with Crippen LogP contribution < -0.4 is 0 Å². The Hall–Kier alpha value is -1.36. The van der Waals surface area contributed by atoms with Crippen molar-refractivity contribution in [2.45, 2.75) is 33.2 Å². The Morgan fingerprint density at radius 3 is 2.58 bits per heavy atom. The molecule has 1 rings (SSSR count). The summed E-state index contributed by atoms with van der Waals surface area (Å²) < 4.78 is 0.682. The van der Waals surface area contributed by atoms with E-state index in [-0.39, 0.29) is 18.5 Å². The van der Waals surface area contributed by atoms with Gasteiger partial charge < -0.3 is 10.0 Å². The van der Waals surface area contributed by atoms with Gasteiger partial charge in [0.15, 0.2) is 0 Å². The van der Waals surface area contributed by atoms with Gasteiger partial charge in [0.05, 0.1) is 5.56 Å². The van der Waals surface area contributed by atoms with Gasteiger partial charge in [-0.3, -0.25) is 9.59 Å². The van der Waals surface area contributed by atoms with E-state index in [1.54, 1.807) is 12.1 Å². The van der Waals surface area contributed by atoms with E-state index in [9.17, 15) is 9.59 Å². The van der Waals surface area contributed by atoms with Crippen LogP contribution in [0.4, 0.5) is 0 Å². The predicted octanol–water partition coefficient (Wildman–Crippen LogP) is 3.08. The van der Waals surface area contributed by atoms with Gasteiger partial charge in [-0.05, 0) is 48.3 Å². The highest BCUT2D eigenvalue weighted by atomic mass is 79.9. The van der Waals surface area contributed by atoms with Gasteiger partial charge in [0.2, 0.25) is 0 Å². The zero-order chi connectivity index (χ0) is 14.6. The van der Waals surface area contributed by atoms with Crippen molar-refractivity contribution in [1.29, 1.82) is 0 Å². The summed E-state index contributed by atoms with van der Waals surface area (Å²) in [6.45, 7) is 5.39. The molecule has 1 unspecified atom stereocenters. The van der Waals surface area contributed by atoms with Crippen LogP contribution in [0, 0.1) is 6.92 Å². The minimum absolute atomic E-state index is 0.115. The molecular formula is C14H18BrNO3. The third-order valence-electron chi connectivity index (χ3n) is 3.04. The van der Waals surface area contributed by atoms with Crippen molar-refractivity contribution < 1.29 is 14.7 Å². The molecule has 0 saturated heterocycles. The minimum atomic E-state index is -1.00. The van der Waals surface area contributed by atoms with Gasteiger partial charge >= 0.3 is 5.97 Å². The first kappa shape index (κ1) is 15.7. The van der Waals surface area contributed by atoms with Crippen molar-refractivity contribution >= 4 is 27.8 Å². The van der Waals surface area contributed by atoms with Crippen molar-refractivity contribution in [1.82, 2.24) is 4.90 Å². The van der Waals surface area contributed by atoms with Crippen molar-refractivity contribution in [2.24, 2.45) is 0 Å². The second-order valence-electron chi connectivity index (χ2n) is 4.57. The molecule has 104 valence electrons. The molecule has 0 heterocycles. The van der Waals surface area contributed by atoms with Crippen LogP contribution in [-0.4, -0.2) is 34.5 Å². The molecule has 19 heavy (non-hydrogen) atoms. The van der Waals surface area contributed by atoms with Gasteiger partial charge in [0, 0.05) is 10.5 Å².